The van der Waals surface area contributed by atoms with Crippen molar-refractivity contribution < 1.29 is 15.0 Å². The first-order valence-corrected chi connectivity index (χ1v) is 4.66. The molecule has 14 heavy (non-hydrogen) atoms. The molecule has 1 rings (SSSR count). The number of nitrogen functional groups attached to an aromatic ring is 1. The zero-order valence-corrected chi connectivity index (χ0v) is 8.23. The summed E-state index contributed by atoms with van der Waals surface area (Å²) >= 11 is 1.02. The first-order chi connectivity index (χ1) is 6.43. The smallest absolute Gasteiger partial charge is 0.336 e. The molecule has 1 unspecified atom stereocenters. The van der Waals surface area contributed by atoms with E-state index in [1.54, 1.807) is 0 Å². The Morgan fingerprint density at radius 2 is 2.50 bits per heavy atom. The summed E-state index contributed by atoms with van der Waals surface area (Å²) in [6, 6.07) is 0. The van der Waals surface area contributed by atoms with Crippen LogP contribution in [-0.2, 0) is 4.79 Å². The molecule has 0 saturated heterocycles. The SMILES string of the molecule is CC(O)(CSc1nncn1N)C(=O)O. The highest BCUT2D eigenvalue weighted by molar-refractivity contribution is 7.99. The van der Waals surface area contributed by atoms with E-state index in [-0.39, 0.29) is 5.75 Å². The highest BCUT2D eigenvalue weighted by Crippen LogP contribution is 2.19. The summed E-state index contributed by atoms with van der Waals surface area (Å²) in [5, 5.41) is 25.4. The van der Waals surface area contributed by atoms with Crippen LogP contribution in [0.4, 0.5) is 0 Å². The molecule has 8 heteroatoms. The number of hydrogen-bond acceptors (Lipinski definition) is 6. The van der Waals surface area contributed by atoms with Crippen molar-refractivity contribution in [2.75, 3.05) is 11.6 Å². The number of aliphatic hydroxyl groups is 1. The van der Waals surface area contributed by atoms with Crippen molar-refractivity contribution in [2.45, 2.75) is 17.7 Å². The van der Waals surface area contributed by atoms with Crippen LogP contribution in [0.3, 0.4) is 0 Å². The van der Waals surface area contributed by atoms with Crippen LogP contribution in [-0.4, -0.2) is 42.4 Å². The first kappa shape index (κ1) is 10.8. The van der Waals surface area contributed by atoms with Crippen molar-refractivity contribution in [3.63, 3.8) is 0 Å². The third-order valence-electron chi connectivity index (χ3n) is 1.48. The highest BCUT2D eigenvalue weighted by atomic mass is 32.2. The molecule has 1 aromatic rings. The maximum Gasteiger partial charge on any atom is 0.336 e. The average Bonchev–Trinajstić information content (AvgIpc) is 2.47. The third kappa shape index (κ3) is 2.36. The van der Waals surface area contributed by atoms with Crippen molar-refractivity contribution in [1.29, 1.82) is 0 Å². The minimum absolute atomic E-state index is 0.0434. The molecule has 0 saturated carbocycles. The minimum Gasteiger partial charge on any atom is -0.479 e. The largest absolute Gasteiger partial charge is 0.479 e. The van der Waals surface area contributed by atoms with E-state index in [0.717, 1.165) is 16.4 Å². The van der Waals surface area contributed by atoms with Gasteiger partial charge in [-0.05, 0) is 6.92 Å². The second-order valence-electron chi connectivity index (χ2n) is 2.89. The fourth-order valence-electron chi connectivity index (χ4n) is 0.602. The van der Waals surface area contributed by atoms with Crippen LogP contribution in [0.5, 0.6) is 0 Å². The standard InChI is InChI=1S/C6H10N4O3S/c1-6(13,4(11)12)2-14-5-9-8-3-10(5)7/h3,13H,2,7H2,1H3,(H,11,12). The quantitative estimate of drug-likeness (QED) is 0.435. The van der Waals surface area contributed by atoms with E-state index in [0.29, 0.717) is 5.16 Å². The molecule has 0 radical (unpaired) electrons. The molecule has 0 fully saturated rings. The normalized spacial score (nSPS) is 15.0. The highest BCUT2D eigenvalue weighted by Gasteiger charge is 2.30. The van der Waals surface area contributed by atoms with E-state index in [2.05, 4.69) is 10.2 Å². The molecule has 0 aromatic carbocycles. The molecule has 0 spiro atoms. The van der Waals surface area contributed by atoms with Gasteiger partial charge in [-0.2, -0.15) is 0 Å². The summed E-state index contributed by atoms with van der Waals surface area (Å²) in [6.45, 7) is 1.21. The molecule has 0 amide bonds. The molecule has 0 bridgehead atoms. The maximum atomic E-state index is 10.5. The lowest BCUT2D eigenvalue weighted by atomic mass is 10.1. The predicted molar refractivity (Wildman–Crippen MR) is 49.2 cm³/mol. The molecule has 1 aromatic heterocycles. The van der Waals surface area contributed by atoms with E-state index >= 15 is 0 Å². The van der Waals surface area contributed by atoms with Crippen molar-refractivity contribution >= 4 is 17.7 Å². The van der Waals surface area contributed by atoms with Gasteiger partial charge in [0.05, 0.1) is 0 Å². The Morgan fingerprint density at radius 3 is 2.93 bits per heavy atom. The Balaban J connectivity index is 2.57. The van der Waals surface area contributed by atoms with Gasteiger partial charge in [0.15, 0.2) is 5.60 Å². The minimum atomic E-state index is -1.80. The van der Waals surface area contributed by atoms with Gasteiger partial charge in [-0.3, -0.25) is 0 Å². The van der Waals surface area contributed by atoms with Crippen LogP contribution in [0.15, 0.2) is 11.5 Å². The van der Waals surface area contributed by atoms with Crippen LogP contribution >= 0.6 is 11.8 Å². The van der Waals surface area contributed by atoms with Gasteiger partial charge in [0.1, 0.15) is 6.33 Å². The van der Waals surface area contributed by atoms with E-state index < -0.39 is 11.6 Å². The third-order valence-corrected chi connectivity index (χ3v) is 2.74. The Bertz CT molecular complexity index is 338. The van der Waals surface area contributed by atoms with Crippen LogP contribution in [0.1, 0.15) is 6.92 Å². The first-order valence-electron chi connectivity index (χ1n) is 3.67. The Morgan fingerprint density at radius 1 is 1.86 bits per heavy atom. The fraction of sp³-hybridized carbons (Fsp3) is 0.500. The zero-order valence-electron chi connectivity index (χ0n) is 7.41. The van der Waals surface area contributed by atoms with Crippen molar-refractivity contribution in [3.8, 4) is 0 Å². The summed E-state index contributed by atoms with van der Waals surface area (Å²) in [6.07, 6.45) is 1.29. The number of carboxylic acids is 1. The average molecular weight is 218 g/mol. The number of nitrogens with zero attached hydrogens (tertiary/aromatic N) is 3. The van der Waals surface area contributed by atoms with Gasteiger partial charge >= 0.3 is 5.97 Å². The molecular formula is C6H10N4O3S. The Labute approximate surface area is 83.9 Å². The summed E-state index contributed by atoms with van der Waals surface area (Å²) in [4.78, 5) is 10.5. The van der Waals surface area contributed by atoms with Gasteiger partial charge in [-0.15, -0.1) is 10.2 Å². The van der Waals surface area contributed by atoms with E-state index in [1.165, 1.54) is 13.3 Å². The summed E-state index contributed by atoms with van der Waals surface area (Å²) < 4.78 is 1.16. The second-order valence-corrected chi connectivity index (χ2v) is 3.83. The lowest BCUT2D eigenvalue weighted by Gasteiger charge is -2.16. The van der Waals surface area contributed by atoms with Crippen molar-refractivity contribution in [3.05, 3.63) is 6.33 Å². The number of carbonyl (C=O) groups is 1. The molecule has 1 atom stereocenters. The predicted octanol–water partition coefficient (Wildman–Crippen LogP) is -1.08. The number of nitrogens with two attached hydrogens (primary N) is 1. The van der Waals surface area contributed by atoms with Gasteiger partial charge in [0.2, 0.25) is 5.16 Å². The van der Waals surface area contributed by atoms with Gasteiger partial charge in [0, 0.05) is 5.75 Å². The molecule has 0 aliphatic heterocycles. The number of rotatable bonds is 4. The van der Waals surface area contributed by atoms with Gasteiger partial charge < -0.3 is 16.1 Å². The number of aliphatic carboxylic acids is 1. The molecule has 7 nitrogen and oxygen atoms in total. The van der Waals surface area contributed by atoms with Crippen molar-refractivity contribution in [1.82, 2.24) is 14.9 Å². The van der Waals surface area contributed by atoms with Gasteiger partial charge in [-0.1, -0.05) is 11.8 Å². The van der Waals surface area contributed by atoms with Crippen molar-refractivity contribution in [2.24, 2.45) is 0 Å². The summed E-state index contributed by atoms with van der Waals surface area (Å²) in [5.41, 5.74) is -1.80. The molecular weight excluding hydrogens is 208 g/mol. The van der Waals surface area contributed by atoms with Crippen LogP contribution in [0.25, 0.3) is 0 Å². The second kappa shape index (κ2) is 3.84. The van der Waals surface area contributed by atoms with Crippen LogP contribution in [0, 0.1) is 0 Å². The molecule has 0 aliphatic rings. The Hall–Kier alpha value is -1.28. The zero-order chi connectivity index (χ0) is 10.8. The van der Waals surface area contributed by atoms with E-state index in [4.69, 9.17) is 10.9 Å². The number of hydrogen-bond donors (Lipinski definition) is 3. The van der Waals surface area contributed by atoms with Gasteiger partial charge in [-0.25, -0.2) is 9.47 Å². The van der Waals surface area contributed by atoms with Crippen LogP contribution < -0.4 is 5.84 Å². The molecule has 1 heterocycles. The molecule has 4 N–H and O–H groups in total. The maximum absolute atomic E-state index is 10.5. The number of thioether (sulfide) groups is 1. The number of carboxylic acid groups (broad SMARTS) is 1. The van der Waals surface area contributed by atoms with E-state index in [1.807, 2.05) is 0 Å². The number of aromatic nitrogens is 3. The molecule has 78 valence electrons. The van der Waals surface area contributed by atoms with E-state index in [9.17, 15) is 9.90 Å². The van der Waals surface area contributed by atoms with Crippen LogP contribution in [0.2, 0.25) is 0 Å². The summed E-state index contributed by atoms with van der Waals surface area (Å²) in [7, 11) is 0. The Kier molecular flexibility index (Phi) is 2.96. The topological polar surface area (TPSA) is 114 Å². The monoisotopic (exact) mass is 218 g/mol. The summed E-state index contributed by atoms with van der Waals surface area (Å²) in [5.74, 6) is 4.06. The fourth-order valence-corrected chi connectivity index (χ4v) is 1.44. The lowest BCUT2D eigenvalue weighted by molar-refractivity contribution is -0.154. The van der Waals surface area contributed by atoms with Gasteiger partial charge in [0.25, 0.3) is 0 Å². The molecule has 0 aliphatic carbocycles. The lowest BCUT2D eigenvalue weighted by Crippen LogP contribution is -2.37.